The first-order chi connectivity index (χ1) is 12.8. The zero-order valence-corrected chi connectivity index (χ0v) is 16.7. The molecule has 150 valence electrons. The minimum Gasteiger partial charge on any atom is -0.481 e. The van der Waals surface area contributed by atoms with E-state index in [1.807, 2.05) is 26.8 Å². The minimum absolute atomic E-state index is 0.0341. The van der Waals surface area contributed by atoms with Gasteiger partial charge in [0.1, 0.15) is 0 Å². The average Bonchev–Trinajstić information content (AvgIpc) is 2.56. The van der Waals surface area contributed by atoms with Gasteiger partial charge in [0.05, 0.1) is 26.2 Å². The summed E-state index contributed by atoms with van der Waals surface area (Å²) in [6.45, 7) is 9.18. The van der Waals surface area contributed by atoms with Gasteiger partial charge in [-0.15, -0.1) is 5.06 Å². The highest BCUT2D eigenvalue weighted by atomic mass is 16.7. The van der Waals surface area contributed by atoms with Crippen LogP contribution in [0.25, 0.3) is 0 Å². The third-order valence-electron chi connectivity index (χ3n) is 4.25. The molecule has 1 aliphatic heterocycles. The van der Waals surface area contributed by atoms with Crippen LogP contribution in [0.2, 0.25) is 0 Å². The number of pyridine rings is 1. The molecule has 0 aliphatic carbocycles. The van der Waals surface area contributed by atoms with Crippen molar-refractivity contribution in [2.45, 2.75) is 52.1 Å². The molecule has 8 nitrogen and oxygen atoms in total. The van der Waals surface area contributed by atoms with Gasteiger partial charge < -0.3 is 19.2 Å². The predicted octanol–water partition coefficient (Wildman–Crippen LogP) is 2.94. The number of likely N-dealkylation sites (tertiary alicyclic amines) is 1. The second-order valence-electron chi connectivity index (χ2n) is 7.35. The molecule has 2 heterocycles. The molecule has 8 heteroatoms. The second kappa shape index (κ2) is 9.03. The summed E-state index contributed by atoms with van der Waals surface area (Å²) in [5.74, 6) is 0.0982. The molecule has 1 fully saturated rings. The van der Waals surface area contributed by atoms with E-state index in [1.54, 1.807) is 29.2 Å². The number of amides is 1. The van der Waals surface area contributed by atoms with Crippen LogP contribution >= 0.6 is 0 Å². The number of methoxy groups -OCH3 is 1. The Morgan fingerprint density at radius 3 is 2.44 bits per heavy atom. The van der Waals surface area contributed by atoms with E-state index in [0.29, 0.717) is 19.0 Å². The van der Waals surface area contributed by atoms with Gasteiger partial charge in [-0.25, -0.2) is 9.78 Å². The number of hydrogen-bond donors (Lipinski definition) is 0. The standard InChI is InChI=1S/C19H29N3O5/c1-6-26-17(23)12-15(14-8-9-16(25-5)20-13-14)22(19(2,3)4)27-18(24)21-10-7-11-21/h8-9,13,15H,6-7,10-12H2,1-5H3/t15-/m0/s1. The van der Waals surface area contributed by atoms with Crippen molar-refractivity contribution >= 4 is 12.1 Å². The molecule has 0 bridgehead atoms. The van der Waals surface area contributed by atoms with Crippen molar-refractivity contribution in [1.82, 2.24) is 14.9 Å². The molecule has 1 atom stereocenters. The summed E-state index contributed by atoms with van der Waals surface area (Å²) in [6.07, 6.45) is 2.22. The van der Waals surface area contributed by atoms with Crippen molar-refractivity contribution in [3.63, 3.8) is 0 Å². The van der Waals surface area contributed by atoms with Crippen LogP contribution in [0, 0.1) is 0 Å². The Bertz CT molecular complexity index is 638. The third kappa shape index (κ3) is 5.56. The number of aromatic nitrogens is 1. The van der Waals surface area contributed by atoms with Crippen molar-refractivity contribution in [2.75, 3.05) is 26.8 Å². The van der Waals surface area contributed by atoms with Crippen LogP contribution in [-0.4, -0.2) is 59.4 Å². The Morgan fingerprint density at radius 1 is 1.30 bits per heavy atom. The Labute approximate surface area is 160 Å². The SMILES string of the molecule is CCOC(=O)C[C@@H](c1ccc(OC)nc1)N(OC(=O)N1CCC1)C(C)(C)C. The highest BCUT2D eigenvalue weighted by molar-refractivity contribution is 5.71. The number of ether oxygens (including phenoxy) is 2. The largest absolute Gasteiger partial charge is 0.481 e. The molecule has 1 saturated heterocycles. The number of nitrogens with zero attached hydrogens (tertiary/aromatic N) is 3. The highest BCUT2D eigenvalue weighted by Gasteiger charge is 2.37. The lowest BCUT2D eigenvalue weighted by atomic mass is 9.99. The van der Waals surface area contributed by atoms with E-state index >= 15 is 0 Å². The van der Waals surface area contributed by atoms with E-state index in [0.717, 1.165) is 12.0 Å². The molecule has 1 aromatic heterocycles. The van der Waals surface area contributed by atoms with Gasteiger partial charge >= 0.3 is 12.1 Å². The van der Waals surface area contributed by atoms with Crippen LogP contribution in [0.5, 0.6) is 5.88 Å². The van der Waals surface area contributed by atoms with Crippen molar-refractivity contribution in [1.29, 1.82) is 0 Å². The summed E-state index contributed by atoms with van der Waals surface area (Å²) in [5.41, 5.74) is 0.188. The molecule has 0 radical (unpaired) electrons. The Morgan fingerprint density at radius 2 is 2.00 bits per heavy atom. The lowest BCUT2D eigenvalue weighted by Gasteiger charge is -2.41. The van der Waals surface area contributed by atoms with Crippen molar-refractivity contribution in [3.05, 3.63) is 23.9 Å². The zero-order chi connectivity index (χ0) is 20.0. The Kier molecular flexibility index (Phi) is 7.01. The maximum Gasteiger partial charge on any atom is 0.428 e. The fourth-order valence-corrected chi connectivity index (χ4v) is 2.73. The van der Waals surface area contributed by atoms with E-state index in [-0.39, 0.29) is 19.0 Å². The molecule has 0 N–H and O–H groups in total. The van der Waals surface area contributed by atoms with Crippen molar-refractivity contribution < 1.29 is 23.9 Å². The van der Waals surface area contributed by atoms with Crippen LogP contribution in [0.4, 0.5) is 4.79 Å². The van der Waals surface area contributed by atoms with E-state index in [9.17, 15) is 9.59 Å². The predicted molar refractivity (Wildman–Crippen MR) is 99.0 cm³/mol. The van der Waals surface area contributed by atoms with Crippen molar-refractivity contribution in [2.24, 2.45) is 0 Å². The molecule has 2 rings (SSSR count). The summed E-state index contributed by atoms with van der Waals surface area (Å²) in [5, 5.41) is 1.56. The second-order valence-corrected chi connectivity index (χ2v) is 7.35. The van der Waals surface area contributed by atoms with Gasteiger partial charge in [-0.3, -0.25) is 4.79 Å². The van der Waals surface area contributed by atoms with Gasteiger partial charge in [0, 0.05) is 30.9 Å². The fraction of sp³-hybridized carbons (Fsp3) is 0.632. The molecule has 1 aliphatic rings. The first kappa shape index (κ1) is 21.0. The molecular formula is C19H29N3O5. The maximum absolute atomic E-state index is 12.4. The van der Waals surface area contributed by atoms with Crippen LogP contribution in [0.3, 0.4) is 0 Å². The lowest BCUT2D eigenvalue weighted by molar-refractivity contribution is -0.203. The quantitative estimate of drug-likeness (QED) is 0.532. The summed E-state index contributed by atoms with van der Waals surface area (Å²) in [4.78, 5) is 36.2. The Balaban J connectivity index is 2.31. The molecule has 0 spiro atoms. The van der Waals surface area contributed by atoms with Gasteiger partial charge in [0.25, 0.3) is 0 Å². The minimum atomic E-state index is -0.544. The maximum atomic E-state index is 12.4. The fourth-order valence-electron chi connectivity index (χ4n) is 2.73. The monoisotopic (exact) mass is 379 g/mol. The zero-order valence-electron chi connectivity index (χ0n) is 16.7. The van der Waals surface area contributed by atoms with Gasteiger partial charge in [-0.1, -0.05) is 6.07 Å². The summed E-state index contributed by atoms with van der Waals surface area (Å²) in [6, 6.07) is 2.99. The summed E-state index contributed by atoms with van der Waals surface area (Å²) >= 11 is 0. The van der Waals surface area contributed by atoms with Crippen LogP contribution in [0.1, 0.15) is 52.1 Å². The Hall–Kier alpha value is -2.35. The number of carbonyl (C=O) groups excluding carboxylic acids is 2. The first-order valence-corrected chi connectivity index (χ1v) is 9.18. The average molecular weight is 379 g/mol. The summed E-state index contributed by atoms with van der Waals surface area (Å²) in [7, 11) is 1.54. The van der Waals surface area contributed by atoms with Gasteiger partial charge in [0.15, 0.2) is 0 Å². The van der Waals surface area contributed by atoms with Gasteiger partial charge in [-0.05, 0) is 39.7 Å². The molecule has 27 heavy (non-hydrogen) atoms. The van der Waals surface area contributed by atoms with Gasteiger partial charge in [0.2, 0.25) is 5.88 Å². The highest BCUT2D eigenvalue weighted by Crippen LogP contribution is 2.33. The van der Waals surface area contributed by atoms with E-state index in [1.165, 1.54) is 7.11 Å². The van der Waals surface area contributed by atoms with Crippen LogP contribution < -0.4 is 4.74 Å². The summed E-state index contributed by atoms with van der Waals surface area (Å²) < 4.78 is 10.2. The van der Waals surface area contributed by atoms with Gasteiger partial charge in [-0.2, -0.15) is 0 Å². The lowest BCUT2D eigenvalue weighted by Crippen LogP contribution is -2.51. The molecule has 1 amide bonds. The number of hydrogen-bond acceptors (Lipinski definition) is 7. The van der Waals surface area contributed by atoms with E-state index in [4.69, 9.17) is 14.3 Å². The number of esters is 1. The number of hydroxylamine groups is 2. The normalized spacial score (nSPS) is 15.1. The molecule has 0 saturated carbocycles. The molecule has 0 unspecified atom stereocenters. The first-order valence-electron chi connectivity index (χ1n) is 9.18. The molecule has 1 aromatic rings. The molecular weight excluding hydrogens is 350 g/mol. The molecule has 0 aromatic carbocycles. The smallest absolute Gasteiger partial charge is 0.428 e. The number of carbonyl (C=O) groups is 2. The van der Waals surface area contributed by atoms with E-state index < -0.39 is 17.7 Å². The van der Waals surface area contributed by atoms with Crippen LogP contribution in [0.15, 0.2) is 18.3 Å². The van der Waals surface area contributed by atoms with Crippen LogP contribution in [-0.2, 0) is 14.4 Å². The van der Waals surface area contributed by atoms with Crippen molar-refractivity contribution in [3.8, 4) is 5.88 Å². The van der Waals surface area contributed by atoms with E-state index in [2.05, 4.69) is 4.98 Å². The topological polar surface area (TPSA) is 81.2 Å². The number of rotatable bonds is 7. The third-order valence-corrected chi connectivity index (χ3v) is 4.25.